The van der Waals surface area contributed by atoms with Crippen LogP contribution in [-0.4, -0.2) is 42.8 Å². The molecule has 2 aromatic rings. The Morgan fingerprint density at radius 2 is 2.03 bits per heavy atom. The van der Waals surface area contributed by atoms with Gasteiger partial charge in [0.15, 0.2) is 12.4 Å². The lowest BCUT2D eigenvalue weighted by molar-refractivity contribution is -0.150. The van der Waals surface area contributed by atoms with E-state index in [0.717, 1.165) is 0 Å². The molecular formula is C19H22ClN3O6. The van der Waals surface area contributed by atoms with Crippen LogP contribution in [0.4, 0.5) is 5.69 Å². The lowest BCUT2D eigenvalue weighted by atomic mass is 10.1. The third-order valence-corrected chi connectivity index (χ3v) is 4.84. The molecule has 3 rings (SSSR count). The maximum Gasteiger partial charge on any atom is 0.311 e. The third-order valence-electron chi connectivity index (χ3n) is 4.54. The van der Waals surface area contributed by atoms with Crippen molar-refractivity contribution in [3.8, 4) is 11.5 Å². The van der Waals surface area contributed by atoms with Crippen LogP contribution in [0.25, 0.3) is 0 Å². The number of hydrogen-bond donors (Lipinski definition) is 0. The molecule has 0 saturated carbocycles. The molecule has 9 nitrogen and oxygen atoms in total. The summed E-state index contributed by atoms with van der Waals surface area (Å²) in [5.74, 6) is 0.343. The number of hydrogen-bond acceptors (Lipinski definition) is 8. The van der Waals surface area contributed by atoms with E-state index in [9.17, 15) is 9.59 Å². The fourth-order valence-corrected chi connectivity index (χ4v) is 3.20. The molecule has 0 bridgehead atoms. The second kappa shape index (κ2) is 8.69. The van der Waals surface area contributed by atoms with Crippen molar-refractivity contribution < 1.29 is 28.3 Å². The van der Waals surface area contributed by atoms with Gasteiger partial charge < -0.3 is 23.6 Å². The highest BCUT2D eigenvalue weighted by atomic mass is 35.5. The van der Waals surface area contributed by atoms with Crippen molar-refractivity contribution in [2.45, 2.75) is 32.8 Å². The number of carbonyl (C=O) groups is 2. The number of anilines is 1. The van der Waals surface area contributed by atoms with Gasteiger partial charge in [0.1, 0.15) is 11.5 Å². The maximum absolute atomic E-state index is 12.5. The Labute approximate surface area is 172 Å². The topological polar surface area (TPSA) is 104 Å². The number of esters is 1. The first-order chi connectivity index (χ1) is 13.8. The van der Waals surface area contributed by atoms with Gasteiger partial charge in [-0.1, -0.05) is 30.6 Å². The molecular weight excluding hydrogens is 402 g/mol. The molecule has 0 radical (unpaired) electrons. The van der Waals surface area contributed by atoms with Gasteiger partial charge >= 0.3 is 5.97 Å². The average Bonchev–Trinajstić information content (AvgIpc) is 3.32. The predicted molar refractivity (Wildman–Crippen MR) is 103 cm³/mol. The molecule has 29 heavy (non-hydrogen) atoms. The highest BCUT2D eigenvalue weighted by Crippen LogP contribution is 2.40. The normalized spacial score (nSPS) is 16.4. The van der Waals surface area contributed by atoms with Crippen LogP contribution in [0.2, 0.25) is 5.02 Å². The van der Waals surface area contributed by atoms with Gasteiger partial charge in [-0.2, -0.15) is 4.98 Å². The van der Waals surface area contributed by atoms with Crippen molar-refractivity contribution in [3.63, 3.8) is 0 Å². The summed E-state index contributed by atoms with van der Waals surface area (Å²) in [6.45, 7) is 3.87. The number of nitrogens with zero attached hydrogens (tertiary/aromatic N) is 3. The Balaban J connectivity index is 1.68. The van der Waals surface area contributed by atoms with Crippen molar-refractivity contribution in [1.29, 1.82) is 0 Å². The molecule has 1 aliphatic rings. The quantitative estimate of drug-likeness (QED) is 0.626. The molecule has 10 heteroatoms. The molecule has 1 atom stereocenters. The minimum absolute atomic E-state index is 0.0205. The first-order valence-corrected chi connectivity index (χ1v) is 9.42. The molecule has 1 unspecified atom stereocenters. The number of aromatic nitrogens is 2. The van der Waals surface area contributed by atoms with Crippen LogP contribution in [0, 0.1) is 5.92 Å². The van der Waals surface area contributed by atoms with Gasteiger partial charge in [-0.05, 0) is 6.07 Å². The van der Waals surface area contributed by atoms with Crippen LogP contribution in [0.3, 0.4) is 0 Å². The molecule has 1 fully saturated rings. The standard InChI is InChI=1S/C19H22ClN3O6/c1-10(2)18-21-16(29-22-18)9-28-19(25)11-5-17(24)23(8-11)13-6-12(20)14(26-3)7-15(13)27-4/h6-7,10-11H,5,8-9H2,1-4H3. The molecule has 0 N–H and O–H groups in total. The Hall–Kier alpha value is -2.81. The number of halogens is 1. The van der Waals surface area contributed by atoms with Crippen molar-refractivity contribution in [2.24, 2.45) is 5.92 Å². The summed E-state index contributed by atoms with van der Waals surface area (Å²) in [5, 5.41) is 4.15. The zero-order valence-corrected chi connectivity index (χ0v) is 17.4. The van der Waals surface area contributed by atoms with E-state index in [1.807, 2.05) is 13.8 Å². The van der Waals surface area contributed by atoms with E-state index >= 15 is 0 Å². The summed E-state index contributed by atoms with van der Waals surface area (Å²) in [4.78, 5) is 30.6. The highest BCUT2D eigenvalue weighted by Gasteiger charge is 2.37. The summed E-state index contributed by atoms with van der Waals surface area (Å²) >= 11 is 6.19. The molecule has 1 aromatic heterocycles. The summed E-state index contributed by atoms with van der Waals surface area (Å²) in [6, 6.07) is 3.18. The van der Waals surface area contributed by atoms with Crippen LogP contribution < -0.4 is 14.4 Å². The lowest BCUT2D eigenvalue weighted by Crippen LogP contribution is -2.27. The summed E-state index contributed by atoms with van der Waals surface area (Å²) in [5.41, 5.74) is 0.470. The summed E-state index contributed by atoms with van der Waals surface area (Å²) in [7, 11) is 2.97. The van der Waals surface area contributed by atoms with E-state index < -0.39 is 11.9 Å². The van der Waals surface area contributed by atoms with Gasteiger partial charge in [0.25, 0.3) is 5.89 Å². The Kier molecular flexibility index (Phi) is 6.26. The second-order valence-corrected chi connectivity index (χ2v) is 7.28. The summed E-state index contributed by atoms with van der Waals surface area (Å²) in [6.07, 6.45) is 0.0205. The van der Waals surface area contributed by atoms with E-state index in [0.29, 0.717) is 28.0 Å². The number of methoxy groups -OCH3 is 2. The number of amides is 1. The Morgan fingerprint density at radius 1 is 1.31 bits per heavy atom. The fraction of sp³-hybridized carbons (Fsp3) is 0.474. The van der Waals surface area contributed by atoms with Gasteiger partial charge in [-0.3, -0.25) is 9.59 Å². The van der Waals surface area contributed by atoms with Crippen LogP contribution in [-0.2, 0) is 20.9 Å². The first kappa shape index (κ1) is 20.9. The largest absolute Gasteiger partial charge is 0.495 e. The molecule has 156 valence electrons. The molecule has 1 amide bonds. The van der Waals surface area contributed by atoms with Crippen LogP contribution in [0.5, 0.6) is 11.5 Å². The van der Waals surface area contributed by atoms with Crippen molar-refractivity contribution in [1.82, 2.24) is 10.1 Å². The average molecular weight is 424 g/mol. The number of benzene rings is 1. The molecule has 2 heterocycles. The Bertz CT molecular complexity index is 913. The van der Waals surface area contributed by atoms with E-state index in [1.165, 1.54) is 19.1 Å². The second-order valence-electron chi connectivity index (χ2n) is 6.87. The molecule has 1 aliphatic heterocycles. The smallest absolute Gasteiger partial charge is 0.311 e. The molecule has 0 spiro atoms. The van der Waals surface area contributed by atoms with Gasteiger partial charge in [-0.15, -0.1) is 0 Å². The molecule has 0 aliphatic carbocycles. The molecule has 1 saturated heterocycles. The maximum atomic E-state index is 12.5. The van der Waals surface area contributed by atoms with Gasteiger partial charge in [0.2, 0.25) is 5.91 Å². The monoisotopic (exact) mass is 423 g/mol. The number of rotatable bonds is 7. The highest BCUT2D eigenvalue weighted by molar-refractivity contribution is 6.32. The van der Waals surface area contributed by atoms with Gasteiger partial charge in [0.05, 0.1) is 30.8 Å². The zero-order valence-electron chi connectivity index (χ0n) is 16.6. The minimum Gasteiger partial charge on any atom is -0.495 e. The predicted octanol–water partition coefficient (Wildman–Crippen LogP) is 2.96. The Morgan fingerprint density at radius 3 is 2.66 bits per heavy atom. The first-order valence-electron chi connectivity index (χ1n) is 9.05. The fourth-order valence-electron chi connectivity index (χ4n) is 2.97. The van der Waals surface area contributed by atoms with Crippen LogP contribution >= 0.6 is 11.6 Å². The van der Waals surface area contributed by atoms with Gasteiger partial charge in [0, 0.05) is 24.9 Å². The summed E-state index contributed by atoms with van der Waals surface area (Å²) < 4.78 is 20.8. The minimum atomic E-state index is -0.624. The zero-order chi connectivity index (χ0) is 21.1. The number of carbonyl (C=O) groups excluding carboxylic acids is 2. The van der Waals surface area contributed by atoms with Crippen molar-refractivity contribution in [3.05, 3.63) is 28.9 Å². The van der Waals surface area contributed by atoms with Crippen molar-refractivity contribution >= 4 is 29.2 Å². The van der Waals surface area contributed by atoms with Crippen LogP contribution in [0.15, 0.2) is 16.7 Å². The van der Waals surface area contributed by atoms with Crippen molar-refractivity contribution in [2.75, 3.05) is 25.7 Å². The molecule has 1 aromatic carbocycles. The third kappa shape index (κ3) is 4.45. The van der Waals surface area contributed by atoms with E-state index in [-0.39, 0.29) is 37.3 Å². The lowest BCUT2D eigenvalue weighted by Gasteiger charge is -2.20. The number of ether oxygens (including phenoxy) is 3. The van der Waals surface area contributed by atoms with E-state index in [1.54, 1.807) is 12.1 Å². The SMILES string of the molecule is COc1cc(OC)c(N2CC(C(=O)OCc3nc(C(C)C)no3)CC2=O)cc1Cl. The van der Waals surface area contributed by atoms with E-state index in [2.05, 4.69) is 10.1 Å². The van der Waals surface area contributed by atoms with Crippen LogP contribution in [0.1, 0.15) is 37.9 Å². The van der Waals surface area contributed by atoms with Gasteiger partial charge in [-0.25, -0.2) is 0 Å². The van der Waals surface area contributed by atoms with E-state index in [4.69, 9.17) is 30.3 Å².